The molecule has 0 fully saturated rings. The number of nitrogens with zero attached hydrogens (tertiary/aromatic N) is 2. The molecule has 0 saturated heterocycles. The fourth-order valence-electron chi connectivity index (χ4n) is 1.78. The molecule has 1 N–H and O–H groups in total. The Labute approximate surface area is 117 Å². The van der Waals surface area contributed by atoms with E-state index in [1.54, 1.807) is 21.2 Å². The van der Waals surface area contributed by atoms with Gasteiger partial charge < -0.3 is 15.0 Å². The molecule has 7 heteroatoms. The summed E-state index contributed by atoms with van der Waals surface area (Å²) in [5.74, 6) is -0.289. The number of hydrogen-bond donors (Lipinski definition) is 1. The van der Waals surface area contributed by atoms with Gasteiger partial charge >= 0.3 is 0 Å². The van der Waals surface area contributed by atoms with Gasteiger partial charge in [0.05, 0.1) is 23.1 Å². The Balaban J connectivity index is 3.12. The van der Waals surface area contributed by atoms with Crippen molar-refractivity contribution in [1.82, 2.24) is 4.90 Å². The van der Waals surface area contributed by atoms with E-state index in [1.165, 1.54) is 23.1 Å². The number of rotatable bonds is 6. The van der Waals surface area contributed by atoms with Crippen LogP contribution in [0.4, 0.5) is 11.4 Å². The minimum Gasteiger partial charge on any atom is -0.387 e. The van der Waals surface area contributed by atoms with Crippen molar-refractivity contribution in [2.45, 2.75) is 13.0 Å². The fourth-order valence-corrected chi connectivity index (χ4v) is 1.78. The standard InChI is InChI=1S/C13H19N3O4/c1-9(8-20-4)15(3)13(17)11-7-10(16(18)19)5-6-12(11)14-2/h5-7,9,14H,8H2,1-4H3. The van der Waals surface area contributed by atoms with Crippen molar-refractivity contribution >= 4 is 17.3 Å². The number of ether oxygens (including phenoxy) is 1. The molecule has 20 heavy (non-hydrogen) atoms. The van der Waals surface area contributed by atoms with E-state index in [-0.39, 0.29) is 23.2 Å². The number of amides is 1. The van der Waals surface area contributed by atoms with Crippen LogP contribution in [0.3, 0.4) is 0 Å². The molecule has 0 spiro atoms. The van der Waals surface area contributed by atoms with E-state index in [4.69, 9.17) is 4.74 Å². The minimum atomic E-state index is -0.519. The molecule has 0 aromatic heterocycles. The summed E-state index contributed by atoms with van der Waals surface area (Å²) in [7, 11) is 4.86. The third kappa shape index (κ3) is 3.45. The van der Waals surface area contributed by atoms with Crippen LogP contribution in [0, 0.1) is 10.1 Å². The molecule has 0 radical (unpaired) electrons. The maximum Gasteiger partial charge on any atom is 0.270 e. The highest BCUT2D eigenvalue weighted by Gasteiger charge is 2.22. The Morgan fingerprint density at radius 3 is 2.70 bits per heavy atom. The van der Waals surface area contributed by atoms with E-state index in [1.807, 2.05) is 6.92 Å². The van der Waals surface area contributed by atoms with Crippen LogP contribution >= 0.6 is 0 Å². The third-order valence-electron chi connectivity index (χ3n) is 3.10. The summed E-state index contributed by atoms with van der Waals surface area (Å²) < 4.78 is 5.01. The van der Waals surface area contributed by atoms with E-state index in [9.17, 15) is 14.9 Å². The number of carbonyl (C=O) groups is 1. The monoisotopic (exact) mass is 281 g/mol. The van der Waals surface area contributed by atoms with Crippen molar-refractivity contribution in [2.75, 3.05) is 33.1 Å². The Hall–Kier alpha value is -2.15. The summed E-state index contributed by atoms with van der Waals surface area (Å²) >= 11 is 0. The first kappa shape index (κ1) is 15.9. The van der Waals surface area contributed by atoms with Gasteiger partial charge in [-0.05, 0) is 13.0 Å². The summed E-state index contributed by atoms with van der Waals surface area (Å²) in [6, 6.07) is 4.04. The first-order chi connectivity index (χ1) is 9.42. The predicted molar refractivity (Wildman–Crippen MR) is 76.1 cm³/mol. The number of nitrogens with one attached hydrogen (secondary N) is 1. The van der Waals surface area contributed by atoms with Gasteiger partial charge in [-0.15, -0.1) is 0 Å². The minimum absolute atomic E-state index is 0.111. The van der Waals surface area contributed by atoms with Crippen LogP contribution in [-0.2, 0) is 4.74 Å². The van der Waals surface area contributed by atoms with Gasteiger partial charge in [0.2, 0.25) is 0 Å². The molecule has 110 valence electrons. The van der Waals surface area contributed by atoms with Gasteiger partial charge in [0, 0.05) is 39.0 Å². The summed E-state index contributed by atoms with van der Waals surface area (Å²) in [6.45, 7) is 2.24. The number of methoxy groups -OCH3 is 1. The van der Waals surface area contributed by atoms with Gasteiger partial charge in [0.15, 0.2) is 0 Å². The summed E-state index contributed by atoms with van der Waals surface area (Å²) in [4.78, 5) is 24.2. The normalized spacial score (nSPS) is 11.8. The first-order valence-corrected chi connectivity index (χ1v) is 6.14. The Morgan fingerprint density at radius 2 is 2.20 bits per heavy atom. The van der Waals surface area contributed by atoms with Crippen LogP contribution in [0.2, 0.25) is 0 Å². The van der Waals surface area contributed by atoms with Crippen LogP contribution in [0.5, 0.6) is 0 Å². The highest BCUT2D eigenvalue weighted by atomic mass is 16.6. The lowest BCUT2D eigenvalue weighted by molar-refractivity contribution is -0.384. The topological polar surface area (TPSA) is 84.7 Å². The van der Waals surface area contributed by atoms with Gasteiger partial charge in [-0.1, -0.05) is 0 Å². The lowest BCUT2D eigenvalue weighted by atomic mass is 10.1. The summed E-state index contributed by atoms with van der Waals surface area (Å²) in [6.07, 6.45) is 0. The zero-order valence-corrected chi connectivity index (χ0v) is 12.0. The van der Waals surface area contributed by atoms with Crippen molar-refractivity contribution in [2.24, 2.45) is 0 Å². The second-order valence-corrected chi connectivity index (χ2v) is 4.46. The van der Waals surface area contributed by atoms with Gasteiger partial charge in [0.1, 0.15) is 0 Å². The van der Waals surface area contributed by atoms with E-state index >= 15 is 0 Å². The highest BCUT2D eigenvalue weighted by Crippen LogP contribution is 2.23. The summed E-state index contributed by atoms with van der Waals surface area (Å²) in [5, 5.41) is 13.7. The molecule has 0 aliphatic carbocycles. The van der Waals surface area contributed by atoms with Crippen LogP contribution in [-0.4, -0.2) is 49.6 Å². The number of nitro groups is 1. The van der Waals surface area contributed by atoms with Crippen molar-refractivity contribution in [3.63, 3.8) is 0 Å². The average Bonchev–Trinajstić information content (AvgIpc) is 2.45. The van der Waals surface area contributed by atoms with Crippen LogP contribution in [0.15, 0.2) is 18.2 Å². The zero-order chi connectivity index (χ0) is 15.3. The van der Waals surface area contributed by atoms with Crippen molar-refractivity contribution in [1.29, 1.82) is 0 Å². The van der Waals surface area contributed by atoms with Gasteiger partial charge in [-0.3, -0.25) is 14.9 Å². The van der Waals surface area contributed by atoms with Crippen LogP contribution in [0.25, 0.3) is 0 Å². The maximum atomic E-state index is 12.4. The average molecular weight is 281 g/mol. The van der Waals surface area contributed by atoms with E-state index in [0.29, 0.717) is 12.3 Å². The van der Waals surface area contributed by atoms with Crippen molar-refractivity contribution in [3.05, 3.63) is 33.9 Å². The number of benzene rings is 1. The molecule has 0 bridgehead atoms. The van der Waals surface area contributed by atoms with Gasteiger partial charge in [0.25, 0.3) is 11.6 Å². The van der Waals surface area contributed by atoms with Crippen LogP contribution < -0.4 is 5.32 Å². The maximum absolute atomic E-state index is 12.4. The lowest BCUT2D eigenvalue weighted by Gasteiger charge is -2.25. The molecule has 0 aliphatic heterocycles. The Kier molecular flexibility index (Phi) is 5.45. The Morgan fingerprint density at radius 1 is 1.55 bits per heavy atom. The molecule has 1 amide bonds. The van der Waals surface area contributed by atoms with Gasteiger partial charge in [-0.2, -0.15) is 0 Å². The number of anilines is 1. The SMILES string of the molecule is CNc1ccc([N+](=O)[O-])cc1C(=O)N(C)C(C)COC. The third-order valence-corrected chi connectivity index (χ3v) is 3.10. The molecule has 0 saturated carbocycles. The van der Waals surface area contributed by atoms with Crippen LogP contribution in [0.1, 0.15) is 17.3 Å². The highest BCUT2D eigenvalue weighted by molar-refractivity contribution is 6.00. The molecule has 1 unspecified atom stereocenters. The van der Waals surface area contributed by atoms with E-state index < -0.39 is 4.92 Å². The van der Waals surface area contributed by atoms with Gasteiger partial charge in [-0.25, -0.2) is 0 Å². The molecule has 1 rings (SSSR count). The molecular formula is C13H19N3O4. The molecule has 1 aromatic rings. The quantitative estimate of drug-likeness (QED) is 0.634. The van der Waals surface area contributed by atoms with E-state index in [2.05, 4.69) is 5.32 Å². The molecule has 7 nitrogen and oxygen atoms in total. The summed E-state index contributed by atoms with van der Waals surface area (Å²) in [5.41, 5.74) is 0.712. The zero-order valence-electron chi connectivity index (χ0n) is 12.0. The number of likely N-dealkylation sites (N-methyl/N-ethyl adjacent to an activating group) is 1. The first-order valence-electron chi connectivity index (χ1n) is 6.14. The predicted octanol–water partition coefficient (Wildman–Crippen LogP) is 1.74. The molecule has 1 atom stereocenters. The second-order valence-electron chi connectivity index (χ2n) is 4.46. The largest absolute Gasteiger partial charge is 0.387 e. The number of non-ortho nitro benzene ring substituents is 1. The number of carbonyl (C=O) groups excluding carboxylic acids is 1. The number of nitro benzene ring substituents is 1. The lowest BCUT2D eigenvalue weighted by Crippen LogP contribution is -2.38. The Bertz CT molecular complexity index is 504. The number of hydrogen-bond acceptors (Lipinski definition) is 5. The van der Waals surface area contributed by atoms with E-state index in [0.717, 1.165) is 0 Å². The molecule has 0 aliphatic rings. The molecular weight excluding hydrogens is 262 g/mol. The van der Waals surface area contributed by atoms with Crippen molar-refractivity contribution in [3.8, 4) is 0 Å². The molecule has 0 heterocycles. The second kappa shape index (κ2) is 6.85. The fraction of sp³-hybridized carbons (Fsp3) is 0.462. The van der Waals surface area contributed by atoms with Crippen molar-refractivity contribution < 1.29 is 14.5 Å². The molecule has 1 aromatic carbocycles. The smallest absolute Gasteiger partial charge is 0.270 e.